The van der Waals surface area contributed by atoms with E-state index in [2.05, 4.69) is 5.32 Å². The summed E-state index contributed by atoms with van der Waals surface area (Å²) in [6, 6.07) is 17.2. The molecule has 3 aromatic rings. The van der Waals surface area contributed by atoms with Crippen LogP contribution in [0.2, 0.25) is 5.02 Å². The number of anilines is 1. The van der Waals surface area contributed by atoms with Crippen molar-refractivity contribution < 1.29 is 32.2 Å². The van der Waals surface area contributed by atoms with E-state index in [1.165, 1.54) is 63.6 Å². The first-order valence-electron chi connectivity index (χ1n) is 12.7. The first kappa shape index (κ1) is 31.6. The van der Waals surface area contributed by atoms with Crippen LogP contribution in [0, 0.1) is 0 Å². The molecule has 0 aliphatic rings. The Morgan fingerprint density at radius 1 is 0.902 bits per heavy atom. The van der Waals surface area contributed by atoms with Gasteiger partial charge in [0.15, 0.2) is 11.5 Å². The van der Waals surface area contributed by atoms with Crippen molar-refractivity contribution in [1.29, 1.82) is 0 Å². The molecule has 41 heavy (non-hydrogen) atoms. The fourth-order valence-electron chi connectivity index (χ4n) is 4.25. The number of carbonyl (C=O) groups is 2. The van der Waals surface area contributed by atoms with Crippen molar-refractivity contribution in [2.24, 2.45) is 0 Å². The summed E-state index contributed by atoms with van der Waals surface area (Å²) in [5, 5.41) is 2.80. The van der Waals surface area contributed by atoms with Gasteiger partial charge < -0.3 is 24.4 Å². The molecular weight excluding hydrogens is 570 g/mol. The standard InChI is InChI=1S/C29H34ClN3O7S/c1-20(29(35)31-2)32(16-15-21-9-7-6-8-10-21)28(34)19-33(24-17-22(30)11-13-25(24)38-3)41(36,37)23-12-14-26(39-4)27(18-23)40-5/h6-14,17-18,20H,15-16,19H2,1-5H3,(H,31,35)/t20-/m1/s1. The number of hydrogen-bond donors (Lipinski definition) is 1. The highest BCUT2D eigenvalue weighted by molar-refractivity contribution is 7.92. The fraction of sp³-hybridized carbons (Fsp3) is 0.310. The Bertz CT molecular complexity index is 1470. The molecule has 0 unspecified atom stereocenters. The maximum Gasteiger partial charge on any atom is 0.265 e. The first-order valence-corrected chi connectivity index (χ1v) is 14.5. The Hall–Kier alpha value is -3.96. The molecular formula is C29H34ClN3O7S. The molecule has 0 bridgehead atoms. The SMILES string of the molecule is CNC(=O)[C@@H](C)N(CCc1ccccc1)C(=O)CN(c1cc(Cl)ccc1OC)S(=O)(=O)c1ccc(OC)c(OC)c1. The average molecular weight is 604 g/mol. The summed E-state index contributed by atoms with van der Waals surface area (Å²) < 4.78 is 45.2. The summed E-state index contributed by atoms with van der Waals surface area (Å²) >= 11 is 6.27. The van der Waals surface area contributed by atoms with Crippen molar-refractivity contribution in [2.75, 3.05) is 45.8 Å². The van der Waals surface area contributed by atoms with E-state index < -0.39 is 28.5 Å². The third-order valence-electron chi connectivity index (χ3n) is 6.53. The number of halogens is 1. The topological polar surface area (TPSA) is 114 Å². The van der Waals surface area contributed by atoms with Gasteiger partial charge in [-0.15, -0.1) is 0 Å². The number of carbonyl (C=O) groups excluding carboxylic acids is 2. The molecule has 12 heteroatoms. The quantitative estimate of drug-likeness (QED) is 0.316. The number of nitrogens with one attached hydrogen (secondary N) is 1. The predicted octanol–water partition coefficient (Wildman–Crippen LogP) is 3.77. The van der Waals surface area contributed by atoms with Crippen LogP contribution in [-0.4, -0.2) is 72.6 Å². The van der Waals surface area contributed by atoms with Crippen LogP contribution in [0.3, 0.4) is 0 Å². The van der Waals surface area contributed by atoms with Crippen LogP contribution in [-0.2, 0) is 26.0 Å². The minimum absolute atomic E-state index is 0.0544. The summed E-state index contributed by atoms with van der Waals surface area (Å²) in [5.74, 6) is -0.276. The van der Waals surface area contributed by atoms with Crippen molar-refractivity contribution >= 4 is 39.1 Å². The number of hydrogen-bond acceptors (Lipinski definition) is 7. The van der Waals surface area contributed by atoms with Gasteiger partial charge in [-0.05, 0) is 49.2 Å². The number of ether oxygens (including phenoxy) is 3. The summed E-state index contributed by atoms with van der Waals surface area (Å²) in [4.78, 5) is 27.7. The van der Waals surface area contributed by atoms with Crippen LogP contribution in [0.4, 0.5) is 5.69 Å². The van der Waals surface area contributed by atoms with Crippen LogP contribution in [0.15, 0.2) is 71.6 Å². The zero-order valence-electron chi connectivity index (χ0n) is 23.6. The Labute approximate surface area is 245 Å². The molecule has 1 N–H and O–H groups in total. The van der Waals surface area contributed by atoms with Crippen LogP contribution in [0.25, 0.3) is 0 Å². The Balaban J connectivity index is 2.10. The molecule has 0 aliphatic carbocycles. The van der Waals surface area contributed by atoms with E-state index in [0.29, 0.717) is 12.2 Å². The van der Waals surface area contributed by atoms with Gasteiger partial charge in [0, 0.05) is 24.7 Å². The lowest BCUT2D eigenvalue weighted by Gasteiger charge is -2.32. The second-order valence-corrected chi connectivity index (χ2v) is 11.3. The molecule has 0 aliphatic heterocycles. The number of sulfonamides is 1. The maximum atomic E-state index is 14.2. The largest absolute Gasteiger partial charge is 0.495 e. The lowest BCUT2D eigenvalue weighted by Crippen LogP contribution is -2.51. The first-order chi connectivity index (χ1) is 19.6. The highest BCUT2D eigenvalue weighted by Crippen LogP contribution is 2.37. The Kier molecular flexibility index (Phi) is 10.8. The summed E-state index contributed by atoms with van der Waals surface area (Å²) in [5.41, 5.74) is 1.01. The van der Waals surface area contributed by atoms with Crippen molar-refractivity contribution in [2.45, 2.75) is 24.3 Å². The smallest absolute Gasteiger partial charge is 0.265 e. The van der Waals surface area contributed by atoms with E-state index in [0.717, 1.165) is 9.87 Å². The van der Waals surface area contributed by atoms with Gasteiger partial charge in [-0.2, -0.15) is 0 Å². The minimum Gasteiger partial charge on any atom is -0.495 e. The molecule has 0 radical (unpaired) electrons. The number of benzene rings is 3. The van der Waals surface area contributed by atoms with Gasteiger partial charge >= 0.3 is 0 Å². The van der Waals surface area contributed by atoms with Gasteiger partial charge in [0.05, 0.1) is 31.9 Å². The van der Waals surface area contributed by atoms with E-state index in [4.69, 9.17) is 25.8 Å². The molecule has 0 spiro atoms. The lowest BCUT2D eigenvalue weighted by molar-refractivity contribution is -0.138. The van der Waals surface area contributed by atoms with E-state index in [1.54, 1.807) is 13.0 Å². The van der Waals surface area contributed by atoms with E-state index in [9.17, 15) is 18.0 Å². The van der Waals surface area contributed by atoms with Gasteiger partial charge in [0.2, 0.25) is 11.8 Å². The number of amides is 2. The van der Waals surface area contributed by atoms with E-state index >= 15 is 0 Å². The second kappa shape index (κ2) is 14.1. The molecule has 0 aromatic heterocycles. The predicted molar refractivity (Wildman–Crippen MR) is 157 cm³/mol. The highest BCUT2D eigenvalue weighted by atomic mass is 35.5. The van der Waals surface area contributed by atoms with Crippen LogP contribution < -0.4 is 23.8 Å². The van der Waals surface area contributed by atoms with Crippen LogP contribution >= 0.6 is 11.6 Å². The van der Waals surface area contributed by atoms with Crippen LogP contribution in [0.5, 0.6) is 17.2 Å². The molecule has 0 heterocycles. The van der Waals surface area contributed by atoms with Gasteiger partial charge in [0.1, 0.15) is 18.3 Å². The molecule has 220 valence electrons. The Morgan fingerprint density at radius 3 is 2.15 bits per heavy atom. The number of likely N-dealkylation sites (N-methyl/N-ethyl adjacent to an activating group) is 1. The Morgan fingerprint density at radius 2 is 1.54 bits per heavy atom. The van der Waals surface area contributed by atoms with Crippen molar-refractivity contribution in [3.63, 3.8) is 0 Å². The van der Waals surface area contributed by atoms with Gasteiger partial charge in [-0.25, -0.2) is 8.42 Å². The second-order valence-electron chi connectivity index (χ2n) is 8.96. The van der Waals surface area contributed by atoms with Crippen LogP contribution in [0.1, 0.15) is 12.5 Å². The highest BCUT2D eigenvalue weighted by Gasteiger charge is 2.34. The van der Waals surface area contributed by atoms with E-state index in [-0.39, 0.29) is 39.6 Å². The minimum atomic E-state index is -4.40. The van der Waals surface area contributed by atoms with Crippen molar-refractivity contribution in [1.82, 2.24) is 10.2 Å². The van der Waals surface area contributed by atoms with Gasteiger partial charge in [-0.1, -0.05) is 41.9 Å². The molecule has 0 saturated heterocycles. The molecule has 10 nitrogen and oxygen atoms in total. The molecule has 3 rings (SSSR count). The fourth-order valence-corrected chi connectivity index (χ4v) is 5.85. The molecule has 0 fully saturated rings. The molecule has 2 amide bonds. The average Bonchev–Trinajstić information content (AvgIpc) is 2.99. The zero-order valence-corrected chi connectivity index (χ0v) is 25.2. The maximum absolute atomic E-state index is 14.2. The van der Waals surface area contributed by atoms with Crippen molar-refractivity contribution in [3.8, 4) is 17.2 Å². The summed E-state index contributed by atoms with van der Waals surface area (Å²) in [6.07, 6.45) is 0.455. The number of rotatable bonds is 13. The molecule has 0 saturated carbocycles. The summed E-state index contributed by atoms with van der Waals surface area (Å²) in [7, 11) is 1.29. The third-order valence-corrected chi connectivity index (χ3v) is 8.52. The molecule has 1 atom stereocenters. The van der Waals surface area contributed by atoms with Gasteiger partial charge in [0.25, 0.3) is 10.0 Å². The zero-order chi connectivity index (χ0) is 30.2. The number of nitrogens with zero attached hydrogens (tertiary/aromatic N) is 2. The van der Waals surface area contributed by atoms with Crippen molar-refractivity contribution in [3.05, 3.63) is 77.3 Å². The third kappa shape index (κ3) is 7.42. The monoisotopic (exact) mass is 603 g/mol. The van der Waals surface area contributed by atoms with Gasteiger partial charge in [-0.3, -0.25) is 13.9 Å². The lowest BCUT2D eigenvalue weighted by atomic mass is 10.1. The van der Waals surface area contributed by atoms with E-state index in [1.807, 2.05) is 30.3 Å². The molecule has 3 aromatic carbocycles. The number of methoxy groups -OCH3 is 3. The normalized spacial score (nSPS) is 11.8. The summed E-state index contributed by atoms with van der Waals surface area (Å²) in [6.45, 7) is 1.13.